The van der Waals surface area contributed by atoms with Crippen molar-refractivity contribution in [1.82, 2.24) is 0 Å². The molecule has 0 saturated carbocycles. The van der Waals surface area contributed by atoms with Gasteiger partial charge in [-0.25, -0.2) is 0 Å². The fourth-order valence-corrected chi connectivity index (χ4v) is 11.5. The zero-order chi connectivity index (χ0) is 33.3. The van der Waals surface area contributed by atoms with E-state index in [4.69, 9.17) is 0 Å². The second-order valence-electron chi connectivity index (χ2n) is 16.7. The molecule has 0 spiro atoms. The molecule has 45 heavy (non-hydrogen) atoms. The molecule has 0 fully saturated rings. The largest absolute Gasteiger partial charge is 0.748 e. The summed E-state index contributed by atoms with van der Waals surface area (Å²) in [6, 6.07) is 30.7. The zero-order valence-electron chi connectivity index (χ0n) is 30.7. The van der Waals surface area contributed by atoms with Crippen molar-refractivity contribution in [3.8, 4) is 0 Å². The van der Waals surface area contributed by atoms with Gasteiger partial charge in [0.25, 0.3) is 0 Å². The average molecular weight is 683 g/mol. The van der Waals surface area contributed by atoms with Crippen molar-refractivity contribution >= 4 is 17.2 Å². The van der Waals surface area contributed by atoms with E-state index in [0.29, 0.717) is 0 Å². The first-order chi connectivity index (χ1) is 20.1. The molecule has 1 unspecified atom stereocenters. The van der Waals surface area contributed by atoms with Crippen molar-refractivity contribution in [3.05, 3.63) is 129 Å². The number of rotatable bonds is 5. The molecule has 3 heteroatoms. The quantitative estimate of drug-likeness (QED) is 0.112. The minimum atomic E-state index is -0.341. The number of aryl methyl sites for hydroxylation is 2. The summed E-state index contributed by atoms with van der Waals surface area (Å²) in [5, 5.41) is 0.147. The minimum absolute atomic E-state index is 0. The van der Waals surface area contributed by atoms with Gasteiger partial charge in [-0.05, 0) is 52.6 Å². The van der Waals surface area contributed by atoms with Crippen LogP contribution < -0.4 is 0 Å². The summed E-state index contributed by atoms with van der Waals surface area (Å²) in [7, 11) is 3.08. The van der Waals surface area contributed by atoms with Crippen LogP contribution in [0.15, 0.2) is 84.9 Å². The monoisotopic (exact) mass is 682 g/mol. The van der Waals surface area contributed by atoms with Gasteiger partial charge in [0, 0.05) is 22.2 Å². The number of hydrogen-bond acceptors (Lipinski definition) is 0. The van der Waals surface area contributed by atoms with Crippen LogP contribution in [0.4, 0.5) is 0 Å². The van der Waals surface area contributed by atoms with Crippen molar-refractivity contribution in [2.75, 3.05) is 0 Å². The Balaban J connectivity index is 0.00000107. The van der Waals surface area contributed by atoms with Crippen LogP contribution >= 0.6 is 17.2 Å². The van der Waals surface area contributed by atoms with E-state index in [9.17, 15) is 0 Å². The van der Waals surface area contributed by atoms with Crippen molar-refractivity contribution < 1.29 is 17.1 Å². The van der Waals surface area contributed by atoms with Crippen LogP contribution in [0, 0.1) is 13.8 Å². The van der Waals surface area contributed by atoms with Crippen molar-refractivity contribution in [2.45, 2.75) is 129 Å². The molecule has 0 aliphatic heterocycles. The Hall–Kier alpha value is -1.48. The molecule has 0 N–H and O–H groups in total. The molecule has 0 amide bonds. The summed E-state index contributed by atoms with van der Waals surface area (Å²) in [6.07, 6.45) is 1.13. The summed E-state index contributed by atoms with van der Waals surface area (Å²) in [4.78, 5) is 0. The van der Waals surface area contributed by atoms with Gasteiger partial charge in [0.15, 0.2) is 0 Å². The van der Waals surface area contributed by atoms with Crippen LogP contribution in [-0.4, -0.2) is 10.3 Å². The fraction of sp³-hybridized carbons (Fsp3) is 0.476. The maximum Gasteiger partial charge on any atom is 0.0161 e. The van der Waals surface area contributed by atoms with Crippen molar-refractivity contribution in [3.63, 3.8) is 0 Å². The van der Waals surface area contributed by atoms with Crippen molar-refractivity contribution in [1.29, 1.82) is 0 Å². The molecule has 0 saturated heterocycles. The van der Waals surface area contributed by atoms with E-state index in [1.54, 1.807) is 11.1 Å². The van der Waals surface area contributed by atoms with Gasteiger partial charge in [-0.1, -0.05) is 150 Å². The molecule has 4 rings (SSSR count). The summed E-state index contributed by atoms with van der Waals surface area (Å²) in [5.41, 5.74) is 11.7. The topological polar surface area (TPSA) is 0 Å². The maximum atomic E-state index is 3.41. The Morgan fingerprint density at radius 2 is 0.978 bits per heavy atom. The van der Waals surface area contributed by atoms with Gasteiger partial charge in [0.1, 0.15) is 0 Å². The Labute approximate surface area is 291 Å². The molecule has 0 heterocycles. The molecule has 0 aliphatic carbocycles. The third-order valence-corrected chi connectivity index (χ3v) is 13.6. The van der Waals surface area contributed by atoms with Gasteiger partial charge in [-0.3, -0.25) is 0 Å². The molecule has 0 radical (unpaired) electrons. The third kappa shape index (κ3) is 9.11. The third-order valence-electron chi connectivity index (χ3n) is 8.80. The summed E-state index contributed by atoms with van der Waals surface area (Å²) >= 11 is 0. The van der Waals surface area contributed by atoms with Crippen LogP contribution in [-0.2, 0) is 39.2 Å². The van der Waals surface area contributed by atoms with Crippen LogP contribution in [0.1, 0.15) is 128 Å². The van der Waals surface area contributed by atoms with E-state index < -0.39 is 0 Å². The second-order valence-corrected chi connectivity index (χ2v) is 21.4. The molecule has 0 nitrogen and oxygen atoms in total. The van der Waals surface area contributed by atoms with E-state index in [1.165, 1.54) is 33.4 Å². The molecule has 0 aliphatic rings. The SMILES string of the molecule is Cc1ccccc1C(P)(c1ccccc1C)[c-]1cc(C(C)(C)C)c(C(C)(C)C)c1CP(C(C)(C)C)C(C)(C)C.[Fe].[cH-]1[cH-][cH-][cH-][cH-]1. The number of hydrogen-bond donors (Lipinski definition) is 0. The maximum absolute atomic E-state index is 3.41. The number of benzene rings is 2. The van der Waals surface area contributed by atoms with Crippen molar-refractivity contribution in [2.24, 2.45) is 0 Å². The molecular formula is C42H60FeP2-6. The Kier molecular flexibility index (Phi) is 13.0. The minimum Gasteiger partial charge on any atom is -0.748 e. The predicted molar refractivity (Wildman–Crippen MR) is 204 cm³/mol. The predicted octanol–water partition coefficient (Wildman–Crippen LogP) is 12.8. The average Bonchev–Trinajstić information content (AvgIpc) is 3.58. The molecule has 1 atom stereocenters. The van der Waals surface area contributed by atoms with Gasteiger partial charge >= 0.3 is 0 Å². The van der Waals surface area contributed by atoms with Gasteiger partial charge in [0.2, 0.25) is 0 Å². The molecular weight excluding hydrogens is 622 g/mol. The van der Waals surface area contributed by atoms with E-state index in [0.717, 1.165) is 6.16 Å². The first kappa shape index (κ1) is 39.7. The fourth-order valence-electron chi connectivity index (χ4n) is 6.99. The summed E-state index contributed by atoms with van der Waals surface area (Å²) < 4.78 is 0. The Morgan fingerprint density at radius 3 is 1.29 bits per heavy atom. The first-order valence-corrected chi connectivity index (χ1v) is 18.4. The Morgan fingerprint density at radius 1 is 0.600 bits per heavy atom. The van der Waals surface area contributed by atoms with Gasteiger partial charge in [0.05, 0.1) is 0 Å². The van der Waals surface area contributed by atoms with Crippen LogP contribution in [0.3, 0.4) is 0 Å². The smallest absolute Gasteiger partial charge is 0.0161 e. The van der Waals surface area contributed by atoms with E-state index >= 15 is 0 Å². The van der Waals surface area contributed by atoms with E-state index in [2.05, 4.69) is 161 Å². The molecule has 252 valence electrons. The normalized spacial score (nSPS) is 12.9. The van der Waals surface area contributed by atoms with Crippen LogP contribution in [0.5, 0.6) is 0 Å². The summed E-state index contributed by atoms with van der Waals surface area (Å²) in [5.74, 6) is 0. The second kappa shape index (κ2) is 14.7. The van der Waals surface area contributed by atoms with Gasteiger partial charge < -0.3 is 30.3 Å². The molecule has 4 aromatic rings. The molecule has 0 bridgehead atoms. The van der Waals surface area contributed by atoms with E-state index in [1.807, 2.05) is 30.3 Å². The Bertz CT molecular complexity index is 1420. The van der Waals surface area contributed by atoms with Gasteiger partial charge in [-0.2, -0.15) is 22.8 Å². The standard InChI is InChI=1S/C37H55P2.C5H5.Fe/c1-25-19-15-17-21-28(25)37(38,29-22-18-16-20-26(29)2)30-23-31(33(3,4)5)32(34(6,7)8)27(30)24-39(35(9,10)11)36(12,13)14;1-2-4-5-3-1;/h15-23H,24,38H2,1-14H3;1-5H;/q-1;-5;. The van der Waals surface area contributed by atoms with E-state index in [-0.39, 0.29) is 51.3 Å². The van der Waals surface area contributed by atoms with Gasteiger partial charge in [-0.15, -0.1) is 14.8 Å². The first-order valence-electron chi connectivity index (χ1n) is 16.3. The zero-order valence-corrected chi connectivity index (χ0v) is 33.8. The molecule has 4 aromatic carbocycles. The van der Waals surface area contributed by atoms with Crippen LogP contribution in [0.2, 0.25) is 0 Å². The summed E-state index contributed by atoms with van der Waals surface area (Å²) in [6.45, 7) is 33.8. The van der Waals surface area contributed by atoms with Crippen LogP contribution in [0.25, 0.3) is 0 Å². The molecule has 0 aromatic heterocycles.